The maximum Gasteiger partial charge on any atom is 0.250 e. The number of benzene rings is 1. The van der Waals surface area contributed by atoms with E-state index in [0.717, 1.165) is 6.21 Å². The zero-order valence-corrected chi connectivity index (χ0v) is 10.1. The van der Waals surface area contributed by atoms with Gasteiger partial charge in [-0.2, -0.15) is 0 Å². The molecule has 0 fully saturated rings. The van der Waals surface area contributed by atoms with E-state index in [1.807, 2.05) is 0 Å². The largest absolute Gasteiger partial charge is 0.398 e. The molecule has 0 unspecified atom stereocenters. The molecule has 1 aromatic carbocycles. The number of carbonyl (C=O) groups excluding carboxylic acids is 1. The number of hydrogen-bond acceptors (Lipinski definition) is 4. The maximum absolute atomic E-state index is 11.5. The number of nitrogen functional groups attached to an aromatic ring is 1. The van der Waals surface area contributed by atoms with Crippen molar-refractivity contribution in [3.8, 4) is 0 Å². The molecule has 2 aromatic rings. The molecule has 6 heteroatoms. The van der Waals surface area contributed by atoms with Crippen molar-refractivity contribution in [2.75, 3.05) is 5.73 Å². The Morgan fingerprint density at radius 2 is 2.05 bits per heavy atom. The fourth-order valence-corrected chi connectivity index (χ4v) is 1.82. The topological polar surface area (TPSA) is 122 Å². The molecule has 0 aliphatic rings. The molecule has 0 radical (unpaired) electrons. The smallest absolute Gasteiger partial charge is 0.250 e. The Bertz CT molecular complexity index is 643. The molecule has 0 bridgehead atoms. The molecule has 0 spiro atoms. The van der Waals surface area contributed by atoms with Crippen molar-refractivity contribution in [1.29, 1.82) is 5.41 Å². The zero-order chi connectivity index (χ0) is 13.8. The molecule has 20 heavy (non-hydrogen) atoms. The minimum Gasteiger partial charge on any atom is -0.398 e. The zero-order valence-electron chi connectivity index (χ0n) is 10.1. The van der Waals surface area contributed by atoms with Gasteiger partial charge in [0.05, 0.1) is 23.8 Å². The van der Waals surface area contributed by atoms with Gasteiger partial charge < -0.3 is 21.9 Å². The fraction of sp³-hybridized carbons (Fsp3) is 0.0714. The Morgan fingerprint density at radius 3 is 2.55 bits per heavy atom. The van der Waals surface area contributed by atoms with E-state index in [2.05, 4.69) is 9.97 Å². The van der Waals surface area contributed by atoms with E-state index in [0.29, 0.717) is 22.5 Å². The Hall–Kier alpha value is -2.89. The normalized spacial score (nSPS) is 11.2. The van der Waals surface area contributed by atoms with Crippen LogP contribution in [0.1, 0.15) is 18.7 Å². The SMILES string of the molecule is C.N=C/C(C(N)=O)=C(\c1cnc[nH]1)c1ccccc1N. The average Bonchev–Trinajstić information content (AvgIpc) is 2.90. The van der Waals surface area contributed by atoms with Crippen LogP contribution in [0.4, 0.5) is 5.69 Å². The van der Waals surface area contributed by atoms with E-state index < -0.39 is 5.91 Å². The highest BCUT2D eigenvalue weighted by Crippen LogP contribution is 2.28. The van der Waals surface area contributed by atoms with E-state index in [9.17, 15) is 4.79 Å². The summed E-state index contributed by atoms with van der Waals surface area (Å²) >= 11 is 0. The van der Waals surface area contributed by atoms with E-state index in [1.54, 1.807) is 30.5 Å². The van der Waals surface area contributed by atoms with Crippen molar-refractivity contribution in [2.24, 2.45) is 5.73 Å². The number of amides is 1. The van der Waals surface area contributed by atoms with Crippen LogP contribution in [0, 0.1) is 5.41 Å². The number of para-hydroxylation sites is 1. The fourth-order valence-electron chi connectivity index (χ4n) is 1.82. The second-order valence-corrected chi connectivity index (χ2v) is 3.85. The second-order valence-electron chi connectivity index (χ2n) is 3.85. The monoisotopic (exact) mass is 271 g/mol. The summed E-state index contributed by atoms with van der Waals surface area (Å²) < 4.78 is 0. The molecular formula is C14H17N5O. The molecule has 1 amide bonds. The van der Waals surface area contributed by atoms with Crippen molar-refractivity contribution in [2.45, 2.75) is 7.43 Å². The Labute approximate surface area is 117 Å². The molecule has 0 aliphatic heterocycles. The third-order valence-electron chi connectivity index (χ3n) is 2.68. The average molecular weight is 271 g/mol. The molecule has 6 nitrogen and oxygen atoms in total. The number of aromatic nitrogens is 2. The van der Waals surface area contributed by atoms with E-state index in [4.69, 9.17) is 16.9 Å². The number of hydrogen-bond donors (Lipinski definition) is 4. The van der Waals surface area contributed by atoms with Gasteiger partial charge in [-0.05, 0) is 6.07 Å². The summed E-state index contributed by atoms with van der Waals surface area (Å²) in [6.07, 6.45) is 3.95. The van der Waals surface area contributed by atoms with Crippen LogP contribution in [-0.2, 0) is 4.79 Å². The van der Waals surface area contributed by atoms with Gasteiger partial charge in [0.15, 0.2) is 0 Å². The quantitative estimate of drug-likeness (QED) is 0.383. The minimum absolute atomic E-state index is 0. The molecule has 0 saturated carbocycles. The molecule has 0 atom stereocenters. The van der Waals surface area contributed by atoms with Gasteiger partial charge in [-0.3, -0.25) is 4.79 Å². The first-order valence-corrected chi connectivity index (χ1v) is 5.53. The summed E-state index contributed by atoms with van der Waals surface area (Å²) in [5.41, 5.74) is 13.5. The Kier molecular flexibility index (Phi) is 4.80. The van der Waals surface area contributed by atoms with Gasteiger partial charge in [0.2, 0.25) is 0 Å². The van der Waals surface area contributed by atoms with Crippen molar-refractivity contribution in [3.63, 3.8) is 0 Å². The molecule has 0 aliphatic carbocycles. The van der Waals surface area contributed by atoms with Gasteiger partial charge in [-0.25, -0.2) is 4.98 Å². The van der Waals surface area contributed by atoms with Crippen molar-refractivity contribution < 1.29 is 4.79 Å². The highest BCUT2D eigenvalue weighted by Gasteiger charge is 2.17. The third kappa shape index (κ3) is 2.74. The summed E-state index contributed by atoms with van der Waals surface area (Å²) in [6.45, 7) is 0. The maximum atomic E-state index is 11.5. The lowest BCUT2D eigenvalue weighted by atomic mass is 9.96. The lowest BCUT2D eigenvalue weighted by molar-refractivity contribution is -0.114. The third-order valence-corrected chi connectivity index (χ3v) is 2.68. The van der Waals surface area contributed by atoms with Crippen LogP contribution in [0.25, 0.3) is 5.57 Å². The number of primary amides is 1. The second kappa shape index (κ2) is 6.33. The number of H-pyrrole nitrogens is 1. The standard InChI is InChI=1S/C13H13N5O.CH4/c14-5-9(13(16)19)12(11-6-17-7-18-11)8-3-1-2-4-10(8)15;/h1-7,14H,15H2,(H2,16,19)(H,17,18);1H4/b12-9+,14-5?;. The van der Waals surface area contributed by atoms with Gasteiger partial charge in [0.25, 0.3) is 5.91 Å². The van der Waals surface area contributed by atoms with Crippen LogP contribution in [0.2, 0.25) is 0 Å². The Morgan fingerprint density at radius 1 is 1.35 bits per heavy atom. The highest BCUT2D eigenvalue weighted by atomic mass is 16.1. The summed E-state index contributed by atoms with van der Waals surface area (Å²) in [6, 6.07) is 7.06. The summed E-state index contributed by atoms with van der Waals surface area (Å²) in [5.74, 6) is -0.692. The van der Waals surface area contributed by atoms with E-state index in [-0.39, 0.29) is 13.0 Å². The summed E-state index contributed by atoms with van der Waals surface area (Å²) in [7, 11) is 0. The predicted octanol–water partition coefficient (Wildman–Crippen LogP) is 1.56. The first kappa shape index (κ1) is 15.2. The van der Waals surface area contributed by atoms with Gasteiger partial charge >= 0.3 is 0 Å². The molecule has 1 heterocycles. The molecule has 0 saturated heterocycles. The van der Waals surface area contributed by atoms with Gasteiger partial charge in [-0.1, -0.05) is 25.6 Å². The number of anilines is 1. The van der Waals surface area contributed by atoms with Crippen LogP contribution >= 0.6 is 0 Å². The summed E-state index contributed by atoms with van der Waals surface area (Å²) in [4.78, 5) is 18.3. The molecule has 6 N–H and O–H groups in total. The van der Waals surface area contributed by atoms with E-state index >= 15 is 0 Å². The van der Waals surface area contributed by atoms with Crippen LogP contribution in [0.5, 0.6) is 0 Å². The van der Waals surface area contributed by atoms with Crippen LogP contribution in [0.15, 0.2) is 42.4 Å². The number of nitrogens with one attached hydrogen (secondary N) is 2. The van der Waals surface area contributed by atoms with Gasteiger partial charge in [0, 0.05) is 23.0 Å². The number of imidazole rings is 1. The van der Waals surface area contributed by atoms with Crippen molar-refractivity contribution in [3.05, 3.63) is 53.6 Å². The molecule has 1 aromatic heterocycles. The van der Waals surface area contributed by atoms with Crippen LogP contribution in [-0.4, -0.2) is 22.1 Å². The number of rotatable bonds is 4. The minimum atomic E-state index is -0.692. The summed E-state index contributed by atoms with van der Waals surface area (Å²) in [5, 5.41) is 7.38. The molecular weight excluding hydrogens is 254 g/mol. The van der Waals surface area contributed by atoms with Crippen molar-refractivity contribution >= 4 is 23.4 Å². The number of carbonyl (C=O) groups is 1. The number of aromatic amines is 1. The van der Waals surface area contributed by atoms with E-state index in [1.165, 1.54) is 6.33 Å². The van der Waals surface area contributed by atoms with Gasteiger partial charge in [-0.15, -0.1) is 0 Å². The molecule has 104 valence electrons. The van der Waals surface area contributed by atoms with Crippen LogP contribution in [0.3, 0.4) is 0 Å². The number of nitrogens with zero attached hydrogens (tertiary/aromatic N) is 1. The van der Waals surface area contributed by atoms with Crippen LogP contribution < -0.4 is 11.5 Å². The van der Waals surface area contributed by atoms with Gasteiger partial charge in [0.1, 0.15) is 0 Å². The lowest BCUT2D eigenvalue weighted by Crippen LogP contribution is -2.17. The number of nitrogens with two attached hydrogens (primary N) is 2. The first-order chi connectivity index (χ1) is 9.15. The predicted molar refractivity (Wildman–Crippen MR) is 80.2 cm³/mol. The first-order valence-electron chi connectivity index (χ1n) is 5.53. The molecule has 2 rings (SSSR count). The van der Waals surface area contributed by atoms with Crippen molar-refractivity contribution in [1.82, 2.24) is 9.97 Å². The highest BCUT2D eigenvalue weighted by molar-refractivity contribution is 6.19. The Balaban J connectivity index is 0.00000200. The lowest BCUT2D eigenvalue weighted by Gasteiger charge is -2.11.